The molecule has 2 aliphatic heterocycles. The number of benzene rings is 2. The van der Waals surface area contributed by atoms with Crippen LogP contribution >= 0.6 is 11.6 Å². The van der Waals surface area contributed by atoms with Crippen molar-refractivity contribution in [1.82, 2.24) is 4.90 Å². The zero-order chi connectivity index (χ0) is 22.8. The Morgan fingerprint density at radius 1 is 1.12 bits per heavy atom. The van der Waals surface area contributed by atoms with E-state index in [1.165, 1.54) is 5.56 Å². The van der Waals surface area contributed by atoms with Gasteiger partial charge in [0, 0.05) is 48.5 Å². The van der Waals surface area contributed by atoms with Gasteiger partial charge in [-0.05, 0) is 61.8 Å². The number of carbonyl (C=O) groups is 1. The quantitative estimate of drug-likeness (QED) is 0.638. The van der Waals surface area contributed by atoms with Crippen molar-refractivity contribution in [3.8, 4) is 0 Å². The zero-order valence-corrected chi connectivity index (χ0v) is 20.3. The van der Waals surface area contributed by atoms with E-state index in [1.54, 1.807) is 0 Å². The molecule has 32 heavy (non-hydrogen) atoms. The number of amides is 1. The first-order valence-electron chi connectivity index (χ1n) is 11.6. The Balaban J connectivity index is 1.52. The third kappa shape index (κ3) is 4.95. The molecule has 0 aliphatic carbocycles. The second-order valence-corrected chi connectivity index (χ2v) is 9.86. The summed E-state index contributed by atoms with van der Waals surface area (Å²) in [5.41, 5.74) is 4.46. The van der Waals surface area contributed by atoms with Crippen LogP contribution in [0.1, 0.15) is 37.3 Å². The average Bonchev–Trinajstić information content (AvgIpc) is 3.27. The number of rotatable bonds is 6. The minimum absolute atomic E-state index is 0.0297. The lowest BCUT2D eigenvalue weighted by Gasteiger charge is -2.33. The fourth-order valence-electron chi connectivity index (χ4n) is 4.67. The van der Waals surface area contributed by atoms with E-state index in [-0.39, 0.29) is 5.91 Å². The van der Waals surface area contributed by atoms with Crippen LogP contribution in [0.3, 0.4) is 0 Å². The Kier molecular flexibility index (Phi) is 7.08. The smallest absolute Gasteiger partial charge is 0.256 e. The summed E-state index contributed by atoms with van der Waals surface area (Å²) in [4.78, 5) is 19.9. The van der Waals surface area contributed by atoms with Gasteiger partial charge in [0.25, 0.3) is 5.91 Å². The highest BCUT2D eigenvalue weighted by atomic mass is 35.5. The molecule has 6 heteroatoms. The van der Waals surface area contributed by atoms with Crippen molar-refractivity contribution in [3.63, 3.8) is 0 Å². The van der Waals surface area contributed by atoms with Crippen molar-refractivity contribution in [2.75, 3.05) is 50.1 Å². The predicted molar refractivity (Wildman–Crippen MR) is 132 cm³/mol. The number of hydrogen-bond donors (Lipinski definition) is 0. The largest absolute Gasteiger partial charge is 0.370 e. The molecule has 0 bridgehead atoms. The summed E-state index contributed by atoms with van der Waals surface area (Å²) in [6, 6.07) is 14.9. The van der Waals surface area contributed by atoms with Gasteiger partial charge in [-0.3, -0.25) is 4.79 Å². The molecule has 2 unspecified atom stereocenters. The first-order chi connectivity index (χ1) is 15.3. The molecule has 172 valence electrons. The summed E-state index contributed by atoms with van der Waals surface area (Å²) >= 11 is 6.36. The SMILES string of the molecule is CC(C)c1ccc(N2CCOC(Cc3ccc(Cl)cc3N3CCC(N(C)C)C3)C2=O)cc1. The maximum Gasteiger partial charge on any atom is 0.256 e. The molecule has 2 aliphatic rings. The first-order valence-corrected chi connectivity index (χ1v) is 11.9. The van der Waals surface area contributed by atoms with E-state index in [4.69, 9.17) is 16.3 Å². The maximum atomic E-state index is 13.3. The van der Waals surface area contributed by atoms with E-state index in [9.17, 15) is 4.79 Å². The number of nitrogens with zero attached hydrogens (tertiary/aromatic N) is 3. The molecule has 2 fully saturated rings. The van der Waals surface area contributed by atoms with Crippen LogP contribution in [0.4, 0.5) is 11.4 Å². The molecule has 0 saturated carbocycles. The number of carbonyl (C=O) groups excluding carboxylic acids is 1. The van der Waals surface area contributed by atoms with Crippen molar-refractivity contribution in [1.29, 1.82) is 0 Å². The lowest BCUT2D eigenvalue weighted by atomic mass is 10.0. The topological polar surface area (TPSA) is 36.0 Å². The van der Waals surface area contributed by atoms with Gasteiger partial charge in [-0.15, -0.1) is 0 Å². The second kappa shape index (κ2) is 9.82. The highest BCUT2D eigenvalue weighted by Gasteiger charge is 2.32. The lowest BCUT2D eigenvalue weighted by molar-refractivity contribution is -0.133. The Morgan fingerprint density at radius 3 is 2.53 bits per heavy atom. The summed E-state index contributed by atoms with van der Waals surface area (Å²) in [6.07, 6.45) is 1.19. The Hall–Kier alpha value is -2.08. The minimum Gasteiger partial charge on any atom is -0.370 e. The summed E-state index contributed by atoms with van der Waals surface area (Å²) in [5, 5.41) is 0.722. The Labute approximate surface area is 196 Å². The van der Waals surface area contributed by atoms with Crippen LogP contribution in [-0.4, -0.2) is 63.3 Å². The van der Waals surface area contributed by atoms with Gasteiger partial charge >= 0.3 is 0 Å². The maximum absolute atomic E-state index is 13.3. The minimum atomic E-state index is -0.485. The number of ether oxygens (including phenoxy) is 1. The first kappa shape index (κ1) is 23.1. The van der Waals surface area contributed by atoms with Crippen LogP contribution in [0.5, 0.6) is 0 Å². The van der Waals surface area contributed by atoms with Gasteiger partial charge in [-0.2, -0.15) is 0 Å². The van der Waals surface area contributed by atoms with Crippen molar-refractivity contribution in [2.45, 2.75) is 44.8 Å². The van der Waals surface area contributed by atoms with Gasteiger partial charge in [-0.25, -0.2) is 0 Å². The molecule has 2 atom stereocenters. The second-order valence-electron chi connectivity index (χ2n) is 9.42. The van der Waals surface area contributed by atoms with Gasteiger partial charge < -0.3 is 19.4 Å². The van der Waals surface area contributed by atoms with Crippen LogP contribution < -0.4 is 9.80 Å². The third-order valence-corrected chi connectivity index (χ3v) is 6.97. The Morgan fingerprint density at radius 2 is 1.88 bits per heavy atom. The fraction of sp³-hybridized carbons (Fsp3) is 0.500. The number of likely N-dealkylation sites (N-methyl/N-ethyl adjacent to an activating group) is 1. The average molecular weight is 456 g/mol. The molecule has 2 aromatic carbocycles. The normalized spacial score (nSPS) is 21.8. The van der Waals surface area contributed by atoms with Crippen molar-refractivity contribution in [3.05, 3.63) is 58.6 Å². The van der Waals surface area contributed by atoms with E-state index in [1.807, 2.05) is 23.1 Å². The summed E-state index contributed by atoms with van der Waals surface area (Å²) < 4.78 is 5.96. The van der Waals surface area contributed by atoms with E-state index in [2.05, 4.69) is 62.0 Å². The molecular weight excluding hydrogens is 422 g/mol. The highest BCUT2D eigenvalue weighted by Crippen LogP contribution is 2.31. The molecule has 2 saturated heterocycles. The number of hydrogen-bond acceptors (Lipinski definition) is 4. The molecular formula is C26H34ClN3O2. The molecule has 2 heterocycles. The summed E-state index contributed by atoms with van der Waals surface area (Å²) in [5.74, 6) is 0.500. The Bertz CT molecular complexity index is 945. The molecule has 0 N–H and O–H groups in total. The van der Waals surface area contributed by atoms with E-state index < -0.39 is 6.10 Å². The highest BCUT2D eigenvalue weighted by molar-refractivity contribution is 6.30. The number of morpholine rings is 1. The van der Waals surface area contributed by atoms with Gasteiger partial charge in [0.05, 0.1) is 6.61 Å². The van der Waals surface area contributed by atoms with Crippen LogP contribution in [0.15, 0.2) is 42.5 Å². The van der Waals surface area contributed by atoms with Crippen molar-refractivity contribution >= 4 is 28.9 Å². The molecule has 0 spiro atoms. The molecule has 2 aromatic rings. The summed E-state index contributed by atoms with van der Waals surface area (Å²) in [7, 11) is 4.26. The lowest BCUT2D eigenvalue weighted by Crippen LogP contribution is -2.48. The third-order valence-electron chi connectivity index (χ3n) is 6.73. The van der Waals surface area contributed by atoms with E-state index >= 15 is 0 Å². The van der Waals surface area contributed by atoms with Crippen LogP contribution in [0.2, 0.25) is 5.02 Å². The van der Waals surface area contributed by atoms with Crippen molar-refractivity contribution in [2.24, 2.45) is 0 Å². The summed E-state index contributed by atoms with van der Waals surface area (Å²) in [6.45, 7) is 7.43. The fourth-order valence-corrected chi connectivity index (χ4v) is 4.84. The standard InChI is InChI=1S/C26H34ClN3O2/c1-18(2)19-6-9-22(10-7-19)30-13-14-32-25(26(30)31)15-20-5-8-21(27)16-24(20)29-12-11-23(17-29)28(3)4/h5-10,16,18,23,25H,11-15,17H2,1-4H3. The van der Waals surface area contributed by atoms with Gasteiger partial charge in [0.1, 0.15) is 6.10 Å². The molecule has 0 radical (unpaired) electrons. The molecule has 5 nitrogen and oxygen atoms in total. The predicted octanol–water partition coefficient (Wildman–Crippen LogP) is 4.58. The molecule has 1 amide bonds. The molecule has 0 aromatic heterocycles. The van der Waals surface area contributed by atoms with Crippen LogP contribution in [0.25, 0.3) is 0 Å². The zero-order valence-electron chi connectivity index (χ0n) is 19.6. The van der Waals surface area contributed by atoms with Crippen LogP contribution in [-0.2, 0) is 16.0 Å². The number of anilines is 2. The van der Waals surface area contributed by atoms with Gasteiger partial charge in [0.2, 0.25) is 0 Å². The van der Waals surface area contributed by atoms with Gasteiger partial charge in [0.15, 0.2) is 0 Å². The van der Waals surface area contributed by atoms with Gasteiger partial charge in [-0.1, -0.05) is 43.6 Å². The number of halogens is 1. The van der Waals surface area contributed by atoms with Crippen molar-refractivity contribution < 1.29 is 9.53 Å². The molecule has 4 rings (SSSR count). The van der Waals surface area contributed by atoms with E-state index in [0.29, 0.717) is 31.5 Å². The van der Waals surface area contributed by atoms with Crippen LogP contribution in [0, 0.1) is 0 Å². The monoisotopic (exact) mass is 455 g/mol. The van der Waals surface area contributed by atoms with E-state index in [0.717, 1.165) is 41.5 Å².